The van der Waals surface area contributed by atoms with E-state index in [2.05, 4.69) is 9.97 Å². The summed E-state index contributed by atoms with van der Waals surface area (Å²) in [5.74, 6) is 0.626. The van der Waals surface area contributed by atoms with E-state index >= 15 is 0 Å². The van der Waals surface area contributed by atoms with Gasteiger partial charge in [-0.1, -0.05) is 24.3 Å². The molecule has 0 aliphatic carbocycles. The van der Waals surface area contributed by atoms with Crippen molar-refractivity contribution in [1.29, 1.82) is 0 Å². The average molecular weight is 440 g/mol. The van der Waals surface area contributed by atoms with Crippen LogP contribution in [-0.2, 0) is 17.9 Å². The predicted octanol–water partition coefficient (Wildman–Crippen LogP) is 4.21. The topological polar surface area (TPSA) is 64.1 Å². The number of aryl methyl sites for hydroxylation is 1. The van der Waals surface area contributed by atoms with Crippen molar-refractivity contribution >= 4 is 17.2 Å². The Morgan fingerprint density at radius 3 is 2.06 bits per heavy atom. The molecule has 0 N–H and O–H groups in total. The molecule has 33 heavy (non-hydrogen) atoms. The van der Waals surface area contributed by atoms with Crippen LogP contribution in [0.3, 0.4) is 0 Å². The molecule has 1 amide bonds. The van der Waals surface area contributed by atoms with Gasteiger partial charge in [0, 0.05) is 12.4 Å². The fraction of sp³-hybridized carbons (Fsp3) is 0.192. The minimum atomic E-state index is -0.104. The van der Waals surface area contributed by atoms with Crippen molar-refractivity contribution in [2.24, 2.45) is 0 Å². The van der Waals surface area contributed by atoms with Crippen LogP contribution < -0.4 is 4.74 Å². The summed E-state index contributed by atoms with van der Waals surface area (Å²) in [5, 5.41) is 0. The number of hydrogen-bond donors (Lipinski definition) is 0. The van der Waals surface area contributed by atoms with Gasteiger partial charge in [0.05, 0.1) is 36.9 Å². The molecule has 5 aromatic rings. The van der Waals surface area contributed by atoms with Crippen molar-refractivity contribution < 1.29 is 9.53 Å². The molecular weight excluding hydrogens is 414 g/mol. The summed E-state index contributed by atoms with van der Waals surface area (Å²) >= 11 is 0. The first-order valence-corrected chi connectivity index (χ1v) is 10.9. The number of rotatable bonds is 7. The van der Waals surface area contributed by atoms with E-state index in [4.69, 9.17) is 4.74 Å². The van der Waals surface area contributed by atoms with Crippen molar-refractivity contribution in [2.75, 3.05) is 6.61 Å². The van der Waals surface area contributed by atoms with E-state index in [1.807, 2.05) is 102 Å². The third-order valence-corrected chi connectivity index (χ3v) is 5.95. The Bertz CT molecular complexity index is 1360. The summed E-state index contributed by atoms with van der Waals surface area (Å²) in [7, 11) is 0. The minimum Gasteiger partial charge on any atom is -0.483 e. The molecule has 1 aromatic carbocycles. The Hall–Kier alpha value is -4.13. The number of hydrogen-bond acceptors (Lipinski definition) is 4. The lowest BCUT2D eigenvalue weighted by Crippen LogP contribution is -2.35. The fourth-order valence-electron chi connectivity index (χ4n) is 3.94. The first-order chi connectivity index (χ1) is 16.1. The minimum absolute atomic E-state index is 0.0439. The summed E-state index contributed by atoms with van der Waals surface area (Å²) in [5.41, 5.74) is 5.73. The molecule has 0 saturated heterocycles. The third kappa shape index (κ3) is 4.17. The van der Waals surface area contributed by atoms with Gasteiger partial charge < -0.3 is 18.4 Å². The summed E-state index contributed by atoms with van der Waals surface area (Å²) in [6.07, 6.45) is 7.55. The molecule has 0 spiro atoms. The number of amides is 1. The van der Waals surface area contributed by atoms with Crippen LogP contribution in [0.15, 0.2) is 79.4 Å². The van der Waals surface area contributed by atoms with Crippen molar-refractivity contribution in [1.82, 2.24) is 23.7 Å². The van der Waals surface area contributed by atoms with Crippen LogP contribution in [0.2, 0.25) is 0 Å². The molecule has 0 atom stereocenters. The maximum Gasteiger partial charge on any atom is 0.261 e. The van der Waals surface area contributed by atoms with E-state index in [-0.39, 0.29) is 12.5 Å². The van der Waals surface area contributed by atoms with E-state index in [0.29, 0.717) is 13.1 Å². The summed E-state index contributed by atoms with van der Waals surface area (Å²) in [4.78, 5) is 24.1. The molecule has 166 valence electrons. The second-order valence-electron chi connectivity index (χ2n) is 8.09. The standard InChI is InChI=1S/C26H25N5O2/c1-19-8-7-9-23(20(19)2)33-18-26(32)29(16-21-14-27-24-10-3-5-12-30(21)24)17-22-15-28-25-11-4-6-13-31(22)25/h3-15H,16-18H2,1-2H3. The number of nitrogens with zero attached hydrogens (tertiary/aromatic N) is 5. The highest BCUT2D eigenvalue weighted by molar-refractivity contribution is 5.78. The van der Waals surface area contributed by atoms with E-state index in [1.165, 1.54) is 0 Å². The predicted molar refractivity (Wildman–Crippen MR) is 126 cm³/mol. The molecule has 0 radical (unpaired) electrons. The molecule has 0 aliphatic heterocycles. The summed E-state index contributed by atoms with van der Waals surface area (Å²) in [6.45, 7) is 4.80. The molecule has 0 unspecified atom stereocenters. The molecule has 5 rings (SSSR count). The largest absolute Gasteiger partial charge is 0.483 e. The molecule has 4 heterocycles. The first kappa shape index (κ1) is 20.8. The average Bonchev–Trinajstić information content (AvgIpc) is 3.44. The van der Waals surface area contributed by atoms with Crippen LogP contribution in [0, 0.1) is 13.8 Å². The van der Waals surface area contributed by atoms with Gasteiger partial charge in [0.15, 0.2) is 6.61 Å². The second-order valence-corrected chi connectivity index (χ2v) is 8.09. The monoisotopic (exact) mass is 439 g/mol. The lowest BCUT2D eigenvalue weighted by atomic mass is 10.1. The van der Waals surface area contributed by atoms with Crippen molar-refractivity contribution in [3.63, 3.8) is 0 Å². The summed E-state index contributed by atoms with van der Waals surface area (Å²) in [6, 6.07) is 17.6. The number of pyridine rings is 2. The van der Waals surface area contributed by atoms with Gasteiger partial charge in [-0.25, -0.2) is 9.97 Å². The van der Waals surface area contributed by atoms with Gasteiger partial charge in [0.1, 0.15) is 17.0 Å². The Morgan fingerprint density at radius 2 is 1.45 bits per heavy atom. The van der Waals surface area contributed by atoms with Gasteiger partial charge in [-0.15, -0.1) is 0 Å². The number of carbonyl (C=O) groups is 1. The summed E-state index contributed by atoms with van der Waals surface area (Å²) < 4.78 is 9.94. The van der Waals surface area contributed by atoms with Crippen molar-refractivity contribution in [3.05, 3.63) is 102 Å². The molecule has 4 aromatic heterocycles. The maximum atomic E-state index is 13.4. The highest BCUT2D eigenvalue weighted by atomic mass is 16.5. The SMILES string of the molecule is Cc1cccc(OCC(=O)N(Cc2cnc3ccccn23)Cc2cnc3ccccn23)c1C. The van der Waals surface area contributed by atoms with Crippen molar-refractivity contribution in [3.8, 4) is 5.75 Å². The quantitative estimate of drug-likeness (QED) is 0.381. The number of imidazole rings is 2. The number of aromatic nitrogens is 4. The van der Waals surface area contributed by atoms with Crippen LogP contribution in [0.4, 0.5) is 0 Å². The van der Waals surface area contributed by atoms with Crippen LogP contribution in [0.5, 0.6) is 5.75 Å². The number of benzene rings is 1. The second kappa shape index (κ2) is 8.78. The van der Waals surface area contributed by atoms with Crippen LogP contribution in [0.1, 0.15) is 22.5 Å². The smallest absolute Gasteiger partial charge is 0.261 e. The lowest BCUT2D eigenvalue weighted by molar-refractivity contribution is -0.134. The highest BCUT2D eigenvalue weighted by Gasteiger charge is 2.19. The number of fused-ring (bicyclic) bond motifs is 2. The van der Waals surface area contributed by atoms with E-state index in [1.54, 1.807) is 4.90 Å². The number of ether oxygens (including phenoxy) is 1. The molecule has 7 nitrogen and oxygen atoms in total. The van der Waals surface area contributed by atoms with Gasteiger partial charge >= 0.3 is 0 Å². The Morgan fingerprint density at radius 1 is 0.848 bits per heavy atom. The molecule has 0 bridgehead atoms. The molecular formula is C26H25N5O2. The number of carbonyl (C=O) groups excluding carboxylic acids is 1. The van der Waals surface area contributed by atoms with Gasteiger partial charge in [-0.05, 0) is 55.3 Å². The Labute approximate surface area is 191 Å². The van der Waals surface area contributed by atoms with E-state index in [0.717, 1.165) is 39.6 Å². The highest BCUT2D eigenvalue weighted by Crippen LogP contribution is 2.21. The maximum absolute atomic E-state index is 13.4. The van der Waals surface area contributed by atoms with Crippen LogP contribution >= 0.6 is 0 Å². The fourth-order valence-corrected chi connectivity index (χ4v) is 3.94. The third-order valence-electron chi connectivity index (χ3n) is 5.95. The molecule has 0 saturated carbocycles. The Kier molecular flexibility index (Phi) is 5.52. The van der Waals surface area contributed by atoms with Gasteiger partial charge in [0.25, 0.3) is 5.91 Å². The van der Waals surface area contributed by atoms with Gasteiger partial charge in [-0.3, -0.25) is 4.79 Å². The van der Waals surface area contributed by atoms with Crippen molar-refractivity contribution in [2.45, 2.75) is 26.9 Å². The molecule has 0 aliphatic rings. The zero-order valence-electron chi connectivity index (χ0n) is 18.7. The normalized spacial score (nSPS) is 11.2. The lowest BCUT2D eigenvalue weighted by Gasteiger charge is -2.23. The first-order valence-electron chi connectivity index (χ1n) is 10.9. The zero-order chi connectivity index (χ0) is 22.8. The van der Waals surface area contributed by atoms with Gasteiger partial charge in [0.2, 0.25) is 0 Å². The molecule has 7 heteroatoms. The van der Waals surface area contributed by atoms with E-state index < -0.39 is 0 Å². The Balaban J connectivity index is 1.42. The molecule has 0 fully saturated rings. The van der Waals surface area contributed by atoms with Crippen LogP contribution in [-0.4, -0.2) is 36.2 Å². The van der Waals surface area contributed by atoms with Gasteiger partial charge in [-0.2, -0.15) is 0 Å². The van der Waals surface area contributed by atoms with Crippen LogP contribution in [0.25, 0.3) is 11.3 Å². The zero-order valence-corrected chi connectivity index (χ0v) is 18.7. The van der Waals surface area contributed by atoms with E-state index in [9.17, 15) is 4.79 Å².